The molecule has 0 fully saturated rings. The van der Waals surface area contributed by atoms with E-state index in [9.17, 15) is 28.0 Å². The van der Waals surface area contributed by atoms with E-state index < -0.39 is 40.0 Å². The first-order chi connectivity index (χ1) is 24.7. The Balaban J connectivity index is 4.07. The molecule has 0 saturated heterocycles. The predicted molar refractivity (Wildman–Crippen MR) is 218 cm³/mol. The minimum atomic E-state index is -4.46. The number of allylic oxidation sites excluding steroid dienone is 7. The van der Waals surface area contributed by atoms with Crippen LogP contribution in [-0.2, 0) is 14.9 Å². The molecule has 0 bridgehead atoms. The van der Waals surface area contributed by atoms with Crippen LogP contribution < -0.4 is 5.32 Å². The maximum atomic E-state index is 12.6. The van der Waals surface area contributed by atoms with Crippen LogP contribution in [0.3, 0.4) is 0 Å². The summed E-state index contributed by atoms with van der Waals surface area (Å²) in [6.07, 6.45) is 46.0. The van der Waals surface area contributed by atoms with Crippen molar-refractivity contribution in [1.82, 2.24) is 5.32 Å². The van der Waals surface area contributed by atoms with Gasteiger partial charge in [-0.25, -0.2) is 0 Å². The summed E-state index contributed by atoms with van der Waals surface area (Å²) in [6, 6.07) is -1.26. The second-order valence-electron chi connectivity index (χ2n) is 14.4. The zero-order valence-electron chi connectivity index (χ0n) is 32.8. The predicted octanol–water partition coefficient (Wildman–Crippen LogP) is 11.3. The van der Waals surface area contributed by atoms with Crippen molar-refractivity contribution in [3.05, 3.63) is 48.6 Å². The molecule has 0 aliphatic heterocycles. The molecule has 0 aliphatic carbocycles. The monoisotopic (exact) mass is 738 g/mol. The third kappa shape index (κ3) is 36.4. The van der Waals surface area contributed by atoms with Gasteiger partial charge in [0.1, 0.15) is 6.10 Å². The van der Waals surface area contributed by atoms with Crippen LogP contribution in [0, 0.1) is 0 Å². The fraction of sp³-hybridized carbons (Fsp3) is 0.791. The minimum absolute atomic E-state index is 0.263. The smallest absolute Gasteiger partial charge is 0.267 e. The number of carbonyl (C=O) groups excluding carboxylic acids is 1. The number of aliphatic hydroxyl groups is 2. The van der Waals surface area contributed by atoms with Gasteiger partial charge in [0.2, 0.25) is 5.91 Å². The van der Waals surface area contributed by atoms with Crippen molar-refractivity contribution in [2.75, 3.05) is 5.75 Å². The van der Waals surface area contributed by atoms with Crippen LogP contribution >= 0.6 is 0 Å². The summed E-state index contributed by atoms with van der Waals surface area (Å²) < 4.78 is 32.5. The number of rotatable bonds is 37. The van der Waals surface area contributed by atoms with Gasteiger partial charge < -0.3 is 15.5 Å². The van der Waals surface area contributed by atoms with Gasteiger partial charge in [-0.3, -0.25) is 9.35 Å². The van der Waals surface area contributed by atoms with E-state index in [1.165, 1.54) is 115 Å². The van der Waals surface area contributed by atoms with Gasteiger partial charge in [0.05, 0.1) is 17.9 Å². The number of amides is 1. The molecular formula is C43H79NO6S. The SMILES string of the molecule is CCCCCC/C=C/CC/C=C/CC/C=C/C(O)C(CS(=O)(=O)O)NC(=O)C(O)CCCCCCCC/C=C\CCCCCCCCCCCC. The number of nitrogens with one attached hydrogen (secondary N) is 1. The first-order valence-corrected chi connectivity index (χ1v) is 22.6. The van der Waals surface area contributed by atoms with Crippen molar-refractivity contribution < 1.29 is 28.0 Å². The quantitative estimate of drug-likeness (QED) is 0.0286. The zero-order valence-corrected chi connectivity index (χ0v) is 33.6. The molecule has 0 spiro atoms. The molecule has 51 heavy (non-hydrogen) atoms. The highest BCUT2D eigenvalue weighted by Gasteiger charge is 2.27. The van der Waals surface area contributed by atoms with Gasteiger partial charge in [0.25, 0.3) is 10.1 Å². The Hall–Kier alpha value is -1.74. The van der Waals surface area contributed by atoms with Gasteiger partial charge in [-0.2, -0.15) is 8.42 Å². The number of unbranched alkanes of at least 4 members (excludes halogenated alkanes) is 22. The average Bonchev–Trinajstić information content (AvgIpc) is 3.09. The molecule has 0 radical (unpaired) electrons. The fourth-order valence-corrected chi connectivity index (χ4v) is 6.80. The van der Waals surface area contributed by atoms with Crippen LogP contribution in [-0.4, -0.2) is 53.1 Å². The van der Waals surface area contributed by atoms with Crippen molar-refractivity contribution in [2.45, 2.75) is 212 Å². The molecule has 0 aromatic rings. The maximum Gasteiger partial charge on any atom is 0.267 e. The lowest BCUT2D eigenvalue weighted by Gasteiger charge is -2.22. The maximum absolute atomic E-state index is 12.6. The molecule has 0 rings (SSSR count). The van der Waals surface area contributed by atoms with E-state index in [4.69, 9.17) is 0 Å². The van der Waals surface area contributed by atoms with Crippen molar-refractivity contribution in [3.8, 4) is 0 Å². The lowest BCUT2D eigenvalue weighted by atomic mass is 10.0. The molecule has 1 amide bonds. The molecule has 0 aromatic heterocycles. The fourth-order valence-electron chi connectivity index (χ4n) is 6.07. The molecule has 0 saturated carbocycles. The van der Waals surface area contributed by atoms with Crippen LogP contribution in [0.5, 0.6) is 0 Å². The Morgan fingerprint density at radius 1 is 0.529 bits per heavy atom. The van der Waals surface area contributed by atoms with E-state index in [2.05, 4.69) is 55.6 Å². The van der Waals surface area contributed by atoms with Gasteiger partial charge in [-0.15, -0.1) is 0 Å². The number of aliphatic hydroxyl groups excluding tert-OH is 2. The van der Waals surface area contributed by atoms with Gasteiger partial charge >= 0.3 is 0 Å². The Labute approximate surface area is 314 Å². The van der Waals surface area contributed by atoms with Crippen LogP contribution in [0.25, 0.3) is 0 Å². The first kappa shape index (κ1) is 49.3. The van der Waals surface area contributed by atoms with Crippen molar-refractivity contribution in [1.29, 1.82) is 0 Å². The standard InChI is InChI=1S/C43H79NO6S/c1-3-5-7-9-11-13-15-17-19-20-21-22-23-24-26-28-30-32-34-36-38-42(46)43(47)44-40(39-51(48,49)50)41(45)37-35-33-31-29-27-25-18-16-14-12-10-8-6-4-2/h14,16,22-23,27,29,35,37,40-42,45-46H,3-13,15,17-21,24-26,28,30-34,36,38-39H2,1-2H3,(H,44,47)(H,48,49,50)/b16-14+,23-22-,29-27+,37-35+. The largest absolute Gasteiger partial charge is 0.387 e. The zero-order chi connectivity index (χ0) is 37.7. The molecule has 3 atom stereocenters. The van der Waals surface area contributed by atoms with Crippen LogP contribution in [0.4, 0.5) is 0 Å². The number of hydrogen-bond donors (Lipinski definition) is 4. The van der Waals surface area contributed by atoms with Gasteiger partial charge in [0, 0.05) is 0 Å². The average molecular weight is 738 g/mol. The highest BCUT2D eigenvalue weighted by atomic mass is 32.2. The van der Waals surface area contributed by atoms with E-state index >= 15 is 0 Å². The molecule has 298 valence electrons. The summed E-state index contributed by atoms with van der Waals surface area (Å²) in [5.74, 6) is -1.57. The van der Waals surface area contributed by atoms with E-state index in [0.717, 1.165) is 51.4 Å². The molecule has 0 heterocycles. The topological polar surface area (TPSA) is 124 Å². The summed E-state index contributed by atoms with van der Waals surface area (Å²) in [5.41, 5.74) is 0. The Morgan fingerprint density at radius 3 is 1.31 bits per heavy atom. The highest BCUT2D eigenvalue weighted by Crippen LogP contribution is 2.14. The summed E-state index contributed by atoms with van der Waals surface area (Å²) in [5, 5.41) is 23.3. The summed E-state index contributed by atoms with van der Waals surface area (Å²) in [6.45, 7) is 4.49. The van der Waals surface area contributed by atoms with Crippen molar-refractivity contribution in [2.24, 2.45) is 0 Å². The van der Waals surface area contributed by atoms with Crippen LogP contribution in [0.2, 0.25) is 0 Å². The van der Waals surface area contributed by atoms with Gasteiger partial charge in [-0.1, -0.05) is 172 Å². The van der Waals surface area contributed by atoms with Crippen molar-refractivity contribution >= 4 is 16.0 Å². The summed E-state index contributed by atoms with van der Waals surface area (Å²) in [4.78, 5) is 12.6. The molecule has 8 heteroatoms. The van der Waals surface area contributed by atoms with Gasteiger partial charge in [0.15, 0.2) is 0 Å². The van der Waals surface area contributed by atoms with Crippen molar-refractivity contribution in [3.63, 3.8) is 0 Å². The van der Waals surface area contributed by atoms with E-state index in [-0.39, 0.29) is 6.42 Å². The normalized spacial score (nSPS) is 14.4. The minimum Gasteiger partial charge on any atom is -0.387 e. The lowest BCUT2D eigenvalue weighted by Crippen LogP contribution is -2.50. The lowest BCUT2D eigenvalue weighted by molar-refractivity contribution is -0.130. The third-order valence-corrected chi connectivity index (χ3v) is 10.1. The Bertz CT molecular complexity index is 1010. The second kappa shape index (κ2) is 36.6. The van der Waals surface area contributed by atoms with Crippen LogP contribution in [0.1, 0.15) is 194 Å². The second-order valence-corrected chi connectivity index (χ2v) is 15.9. The molecule has 7 nitrogen and oxygen atoms in total. The van der Waals surface area contributed by atoms with E-state index in [0.29, 0.717) is 12.8 Å². The third-order valence-electron chi connectivity index (χ3n) is 9.31. The van der Waals surface area contributed by atoms with Crippen LogP contribution in [0.15, 0.2) is 48.6 Å². The highest BCUT2D eigenvalue weighted by molar-refractivity contribution is 7.85. The first-order valence-electron chi connectivity index (χ1n) is 20.9. The number of carbonyl (C=O) groups is 1. The molecule has 3 unspecified atom stereocenters. The van der Waals surface area contributed by atoms with Gasteiger partial charge in [-0.05, 0) is 70.6 Å². The Kier molecular flexibility index (Phi) is 35.4. The Morgan fingerprint density at radius 2 is 0.882 bits per heavy atom. The number of hydrogen-bond acceptors (Lipinski definition) is 5. The molecular weight excluding hydrogens is 659 g/mol. The molecule has 4 N–H and O–H groups in total. The summed E-state index contributed by atoms with van der Waals surface area (Å²) >= 11 is 0. The molecule has 0 aromatic carbocycles. The summed E-state index contributed by atoms with van der Waals surface area (Å²) in [7, 11) is -4.46. The van der Waals surface area contributed by atoms with E-state index in [1.54, 1.807) is 6.08 Å². The van der Waals surface area contributed by atoms with E-state index in [1.807, 2.05) is 0 Å². The molecule has 0 aliphatic rings.